The highest BCUT2D eigenvalue weighted by Gasteiger charge is 2.15. The van der Waals surface area contributed by atoms with Gasteiger partial charge in [-0.1, -0.05) is 55.3 Å². The molecule has 2 aromatic rings. The van der Waals surface area contributed by atoms with Gasteiger partial charge in [0.25, 0.3) is 0 Å². The Balaban J connectivity index is 2.32. The predicted molar refractivity (Wildman–Crippen MR) is 75.9 cm³/mol. The highest BCUT2D eigenvalue weighted by molar-refractivity contribution is 6.30. The molecule has 1 nitrogen and oxygen atoms in total. The first-order valence-electron chi connectivity index (χ1n) is 6.33. The van der Waals surface area contributed by atoms with Crippen LogP contribution in [0, 0.1) is 5.82 Å². The van der Waals surface area contributed by atoms with Gasteiger partial charge in [0.15, 0.2) is 0 Å². The van der Waals surface area contributed by atoms with Crippen LogP contribution in [0.2, 0.25) is 5.02 Å². The van der Waals surface area contributed by atoms with Crippen LogP contribution in [-0.4, -0.2) is 5.11 Å². The molecule has 0 aliphatic heterocycles. The zero-order chi connectivity index (χ0) is 13.8. The predicted octanol–water partition coefficient (Wildman–Crippen LogP) is 4.51. The Morgan fingerprint density at radius 2 is 2.00 bits per heavy atom. The highest BCUT2D eigenvalue weighted by atomic mass is 35.5. The second kappa shape index (κ2) is 6.18. The smallest absolute Gasteiger partial charge is 0.130 e. The quantitative estimate of drug-likeness (QED) is 0.872. The molecule has 19 heavy (non-hydrogen) atoms. The first-order chi connectivity index (χ1) is 9.11. The zero-order valence-corrected chi connectivity index (χ0v) is 11.5. The lowest BCUT2D eigenvalue weighted by molar-refractivity contribution is 0.215. The molecule has 1 unspecified atom stereocenters. The van der Waals surface area contributed by atoms with Gasteiger partial charge in [-0.2, -0.15) is 0 Å². The van der Waals surface area contributed by atoms with Gasteiger partial charge >= 0.3 is 0 Å². The summed E-state index contributed by atoms with van der Waals surface area (Å²) in [5.41, 5.74) is 2.10. The molecule has 0 saturated heterocycles. The van der Waals surface area contributed by atoms with E-state index in [1.807, 2.05) is 18.2 Å². The number of halogens is 2. The maximum absolute atomic E-state index is 13.8. The first-order valence-corrected chi connectivity index (χ1v) is 6.71. The van der Waals surface area contributed by atoms with Crippen LogP contribution in [0.15, 0.2) is 42.5 Å². The SMILES string of the molecule is CCCc1cccc(C(O)c2ccc(Cl)cc2F)c1. The van der Waals surface area contributed by atoms with E-state index in [9.17, 15) is 9.50 Å². The van der Waals surface area contributed by atoms with Gasteiger partial charge in [-0.25, -0.2) is 4.39 Å². The van der Waals surface area contributed by atoms with E-state index in [-0.39, 0.29) is 5.56 Å². The summed E-state index contributed by atoms with van der Waals surface area (Å²) in [6, 6.07) is 11.9. The van der Waals surface area contributed by atoms with E-state index in [2.05, 4.69) is 6.92 Å². The molecular formula is C16H16ClFO. The van der Waals surface area contributed by atoms with E-state index in [0.717, 1.165) is 18.4 Å². The number of benzene rings is 2. The maximum Gasteiger partial charge on any atom is 0.130 e. The second-order valence-electron chi connectivity index (χ2n) is 4.56. The molecule has 1 atom stereocenters. The third-order valence-corrected chi connectivity index (χ3v) is 3.30. The van der Waals surface area contributed by atoms with Gasteiger partial charge < -0.3 is 5.11 Å². The van der Waals surface area contributed by atoms with E-state index < -0.39 is 11.9 Å². The molecule has 0 amide bonds. The van der Waals surface area contributed by atoms with Crippen LogP contribution < -0.4 is 0 Å². The number of hydrogen-bond acceptors (Lipinski definition) is 1. The lowest BCUT2D eigenvalue weighted by Crippen LogP contribution is -2.03. The summed E-state index contributed by atoms with van der Waals surface area (Å²) in [6.07, 6.45) is 1.02. The minimum absolute atomic E-state index is 0.248. The normalized spacial score (nSPS) is 12.4. The molecule has 0 fully saturated rings. The van der Waals surface area contributed by atoms with Crippen LogP contribution in [0.25, 0.3) is 0 Å². The third kappa shape index (κ3) is 3.34. The Morgan fingerprint density at radius 3 is 2.68 bits per heavy atom. The average molecular weight is 279 g/mol. The highest BCUT2D eigenvalue weighted by Crippen LogP contribution is 2.26. The summed E-state index contributed by atoms with van der Waals surface area (Å²) in [5.74, 6) is -0.485. The Morgan fingerprint density at radius 1 is 1.21 bits per heavy atom. The van der Waals surface area contributed by atoms with Crippen molar-refractivity contribution in [3.8, 4) is 0 Å². The third-order valence-electron chi connectivity index (χ3n) is 3.06. The van der Waals surface area contributed by atoms with E-state index in [4.69, 9.17) is 11.6 Å². The van der Waals surface area contributed by atoms with Crippen molar-refractivity contribution < 1.29 is 9.50 Å². The van der Waals surface area contributed by atoms with E-state index in [1.54, 1.807) is 12.1 Å². The molecule has 0 aliphatic rings. The van der Waals surface area contributed by atoms with Crippen molar-refractivity contribution in [2.75, 3.05) is 0 Å². The Hall–Kier alpha value is -1.38. The summed E-state index contributed by atoms with van der Waals surface area (Å²) in [4.78, 5) is 0. The first kappa shape index (κ1) is 14.0. The van der Waals surface area contributed by atoms with Gasteiger partial charge in [-0.3, -0.25) is 0 Å². The van der Waals surface area contributed by atoms with Gasteiger partial charge in [-0.15, -0.1) is 0 Å². The average Bonchev–Trinajstić information content (AvgIpc) is 2.39. The van der Waals surface area contributed by atoms with E-state index in [0.29, 0.717) is 10.6 Å². The molecule has 0 aliphatic carbocycles. The van der Waals surface area contributed by atoms with Crippen LogP contribution in [0.1, 0.15) is 36.1 Å². The molecule has 0 bridgehead atoms. The molecule has 0 aromatic heterocycles. The molecule has 0 spiro atoms. The summed E-state index contributed by atoms with van der Waals surface area (Å²) < 4.78 is 13.8. The number of aliphatic hydroxyl groups is 1. The van der Waals surface area contributed by atoms with Gasteiger partial charge in [0.05, 0.1) is 0 Å². The monoisotopic (exact) mass is 278 g/mol. The van der Waals surface area contributed by atoms with Crippen LogP contribution in [0.4, 0.5) is 4.39 Å². The van der Waals surface area contributed by atoms with Crippen molar-refractivity contribution in [2.45, 2.75) is 25.9 Å². The summed E-state index contributed by atoms with van der Waals surface area (Å²) in [5, 5.41) is 10.6. The van der Waals surface area contributed by atoms with Crippen molar-refractivity contribution in [1.82, 2.24) is 0 Å². The van der Waals surface area contributed by atoms with Crippen molar-refractivity contribution in [1.29, 1.82) is 0 Å². The van der Waals surface area contributed by atoms with Crippen molar-refractivity contribution in [2.24, 2.45) is 0 Å². The van der Waals surface area contributed by atoms with Crippen LogP contribution in [-0.2, 0) is 6.42 Å². The van der Waals surface area contributed by atoms with Gasteiger partial charge in [0.1, 0.15) is 11.9 Å². The molecule has 2 rings (SSSR count). The molecule has 0 heterocycles. The molecule has 0 radical (unpaired) electrons. The van der Waals surface area contributed by atoms with Gasteiger partial charge in [-0.05, 0) is 29.7 Å². The number of hydrogen-bond donors (Lipinski definition) is 1. The summed E-state index contributed by atoms with van der Waals surface area (Å²) >= 11 is 5.71. The molecule has 100 valence electrons. The fourth-order valence-electron chi connectivity index (χ4n) is 2.11. The maximum atomic E-state index is 13.8. The summed E-state index contributed by atoms with van der Waals surface area (Å²) in [7, 11) is 0. The lowest BCUT2D eigenvalue weighted by Gasteiger charge is -2.13. The number of aliphatic hydroxyl groups excluding tert-OH is 1. The van der Waals surface area contributed by atoms with Crippen LogP contribution >= 0.6 is 11.6 Å². The Bertz CT molecular complexity index is 568. The largest absolute Gasteiger partial charge is 0.384 e. The standard InChI is InChI=1S/C16H16ClFO/c1-2-4-11-5-3-6-12(9-11)16(19)14-8-7-13(17)10-15(14)18/h3,5-10,16,19H,2,4H2,1H3. The fraction of sp³-hybridized carbons (Fsp3) is 0.250. The Labute approximate surface area is 117 Å². The number of aryl methyl sites for hydroxylation is 1. The Kier molecular flexibility index (Phi) is 4.56. The lowest BCUT2D eigenvalue weighted by atomic mass is 9.98. The zero-order valence-electron chi connectivity index (χ0n) is 10.7. The van der Waals surface area contributed by atoms with Crippen LogP contribution in [0.3, 0.4) is 0 Å². The second-order valence-corrected chi connectivity index (χ2v) is 5.00. The molecule has 3 heteroatoms. The van der Waals surface area contributed by atoms with E-state index >= 15 is 0 Å². The van der Waals surface area contributed by atoms with E-state index in [1.165, 1.54) is 12.1 Å². The van der Waals surface area contributed by atoms with Crippen molar-refractivity contribution in [3.63, 3.8) is 0 Å². The van der Waals surface area contributed by atoms with Crippen LogP contribution in [0.5, 0.6) is 0 Å². The molecule has 1 N–H and O–H groups in total. The minimum atomic E-state index is -0.964. The molecule has 0 saturated carbocycles. The summed E-state index contributed by atoms with van der Waals surface area (Å²) in [6.45, 7) is 2.10. The topological polar surface area (TPSA) is 20.2 Å². The van der Waals surface area contributed by atoms with Crippen molar-refractivity contribution in [3.05, 3.63) is 70.0 Å². The number of rotatable bonds is 4. The van der Waals surface area contributed by atoms with Gasteiger partial charge in [0, 0.05) is 10.6 Å². The molecule has 2 aromatic carbocycles. The fourth-order valence-corrected chi connectivity index (χ4v) is 2.27. The van der Waals surface area contributed by atoms with Crippen molar-refractivity contribution >= 4 is 11.6 Å². The van der Waals surface area contributed by atoms with Gasteiger partial charge in [0.2, 0.25) is 0 Å². The minimum Gasteiger partial charge on any atom is -0.384 e. The molecular weight excluding hydrogens is 263 g/mol.